The largest absolute Gasteiger partial charge is 0.374 e. The molecule has 2 aliphatic rings. The van der Waals surface area contributed by atoms with Crippen LogP contribution in [0.1, 0.15) is 32.6 Å². The zero-order valence-corrected chi connectivity index (χ0v) is 7.43. The molecule has 2 rings (SSSR count). The van der Waals surface area contributed by atoms with Crippen LogP contribution in [0.25, 0.3) is 0 Å². The van der Waals surface area contributed by atoms with E-state index in [1.165, 1.54) is 5.57 Å². The van der Waals surface area contributed by atoms with E-state index in [9.17, 15) is 4.79 Å². The van der Waals surface area contributed by atoms with Crippen LogP contribution in [-0.4, -0.2) is 18.5 Å². The van der Waals surface area contributed by atoms with E-state index in [0.717, 1.165) is 37.9 Å². The number of rotatable bonds is 2. The Hall–Kier alpha value is -0.630. The molecule has 2 aliphatic carbocycles. The highest BCUT2D eigenvalue weighted by atomic mass is 16.5. The van der Waals surface area contributed by atoms with Crippen molar-refractivity contribution in [3.05, 3.63) is 11.1 Å². The highest BCUT2D eigenvalue weighted by Gasteiger charge is 2.35. The van der Waals surface area contributed by atoms with Gasteiger partial charge in [0.15, 0.2) is 5.78 Å². The van der Waals surface area contributed by atoms with Gasteiger partial charge in [-0.1, -0.05) is 0 Å². The first-order chi connectivity index (χ1) is 5.83. The summed E-state index contributed by atoms with van der Waals surface area (Å²) in [7, 11) is 0. The second-order valence-electron chi connectivity index (χ2n) is 3.43. The second-order valence-corrected chi connectivity index (χ2v) is 3.43. The summed E-state index contributed by atoms with van der Waals surface area (Å²) in [6, 6.07) is 0. The summed E-state index contributed by atoms with van der Waals surface area (Å²) in [6.07, 6.45) is 4.04. The lowest BCUT2D eigenvalue weighted by molar-refractivity contribution is -0.117. The Morgan fingerprint density at radius 2 is 2.33 bits per heavy atom. The average Bonchev–Trinajstić information content (AvgIpc) is 2.04. The Balaban J connectivity index is 2.08. The van der Waals surface area contributed by atoms with E-state index < -0.39 is 0 Å². The summed E-state index contributed by atoms with van der Waals surface area (Å²) in [6.45, 7) is 2.76. The Morgan fingerprint density at radius 1 is 1.50 bits per heavy atom. The molecule has 0 fully saturated rings. The molecular weight excluding hydrogens is 152 g/mol. The molecule has 12 heavy (non-hydrogen) atoms. The summed E-state index contributed by atoms with van der Waals surface area (Å²) >= 11 is 0. The number of Topliss-reactive ketones (excluding diaryl/α,β-unsaturated/α-hetero) is 1. The van der Waals surface area contributed by atoms with Gasteiger partial charge in [-0.2, -0.15) is 0 Å². The first-order valence-electron chi connectivity index (χ1n) is 4.69. The summed E-state index contributed by atoms with van der Waals surface area (Å²) in [5.74, 6) is 0.368. The quantitative estimate of drug-likeness (QED) is 0.625. The van der Waals surface area contributed by atoms with Gasteiger partial charge in [-0.15, -0.1) is 0 Å². The summed E-state index contributed by atoms with van der Waals surface area (Å²) in [4.78, 5) is 11.3. The fourth-order valence-electron chi connectivity index (χ4n) is 2.06. The molecule has 1 atom stereocenters. The molecule has 0 aliphatic heterocycles. The first-order valence-corrected chi connectivity index (χ1v) is 4.69. The van der Waals surface area contributed by atoms with E-state index in [1.54, 1.807) is 0 Å². The van der Waals surface area contributed by atoms with Crippen LogP contribution in [0.4, 0.5) is 0 Å². The molecule has 2 nitrogen and oxygen atoms in total. The van der Waals surface area contributed by atoms with Gasteiger partial charge in [0, 0.05) is 19.4 Å². The minimum Gasteiger partial charge on any atom is -0.374 e. The number of hydrogen-bond acceptors (Lipinski definition) is 2. The van der Waals surface area contributed by atoms with E-state index in [-0.39, 0.29) is 6.10 Å². The highest BCUT2D eigenvalue weighted by molar-refractivity contribution is 5.98. The number of hydrogen-bond donors (Lipinski definition) is 0. The van der Waals surface area contributed by atoms with Gasteiger partial charge in [-0.3, -0.25) is 4.79 Å². The van der Waals surface area contributed by atoms with E-state index in [4.69, 9.17) is 4.74 Å². The lowest BCUT2D eigenvalue weighted by Crippen LogP contribution is -2.33. The van der Waals surface area contributed by atoms with Crippen molar-refractivity contribution in [3.8, 4) is 0 Å². The summed E-state index contributed by atoms with van der Waals surface area (Å²) < 4.78 is 5.49. The average molecular weight is 166 g/mol. The van der Waals surface area contributed by atoms with Crippen molar-refractivity contribution in [2.24, 2.45) is 0 Å². The first kappa shape index (κ1) is 7.99. The molecule has 0 aromatic rings. The lowest BCUT2D eigenvalue weighted by Gasteiger charge is -2.35. The van der Waals surface area contributed by atoms with Gasteiger partial charge < -0.3 is 4.74 Å². The Bertz CT molecular complexity index is 240. The highest BCUT2D eigenvalue weighted by Crippen LogP contribution is 2.39. The topological polar surface area (TPSA) is 26.3 Å². The molecule has 1 unspecified atom stereocenters. The molecule has 0 aromatic heterocycles. The van der Waals surface area contributed by atoms with Crippen molar-refractivity contribution >= 4 is 5.78 Å². The van der Waals surface area contributed by atoms with Crippen LogP contribution in [-0.2, 0) is 9.53 Å². The Morgan fingerprint density at radius 3 is 3.08 bits per heavy atom. The number of carbonyl (C=O) groups is 1. The third-order valence-electron chi connectivity index (χ3n) is 2.72. The fraction of sp³-hybridized carbons (Fsp3) is 0.700. The summed E-state index contributed by atoms with van der Waals surface area (Å²) in [5.41, 5.74) is 2.38. The van der Waals surface area contributed by atoms with Crippen LogP contribution in [0.3, 0.4) is 0 Å². The Kier molecular flexibility index (Phi) is 2.01. The number of ether oxygens (including phenoxy) is 1. The van der Waals surface area contributed by atoms with Crippen molar-refractivity contribution in [1.29, 1.82) is 0 Å². The molecule has 0 spiro atoms. The van der Waals surface area contributed by atoms with Gasteiger partial charge in [0.2, 0.25) is 0 Å². The molecule has 0 saturated heterocycles. The normalized spacial score (nSPS) is 28.4. The SMILES string of the molecule is CCOC1CC2=C1CCCC2=O. The number of carbonyl (C=O) groups excluding carboxylic acids is 1. The van der Waals surface area contributed by atoms with Crippen molar-refractivity contribution in [2.75, 3.05) is 6.61 Å². The predicted octanol–water partition coefficient (Wildman–Crippen LogP) is 1.84. The van der Waals surface area contributed by atoms with Crippen LogP contribution in [0, 0.1) is 0 Å². The van der Waals surface area contributed by atoms with Crippen LogP contribution in [0.2, 0.25) is 0 Å². The number of ketones is 1. The molecule has 0 bridgehead atoms. The monoisotopic (exact) mass is 166 g/mol. The van der Waals surface area contributed by atoms with E-state index in [0.29, 0.717) is 5.78 Å². The minimum absolute atomic E-state index is 0.286. The zero-order valence-electron chi connectivity index (χ0n) is 7.43. The molecule has 0 saturated carbocycles. The predicted molar refractivity (Wildman–Crippen MR) is 45.9 cm³/mol. The molecule has 0 radical (unpaired) electrons. The minimum atomic E-state index is 0.286. The molecule has 0 aromatic carbocycles. The smallest absolute Gasteiger partial charge is 0.159 e. The van der Waals surface area contributed by atoms with E-state index in [2.05, 4.69) is 0 Å². The molecule has 0 heterocycles. The van der Waals surface area contributed by atoms with Crippen molar-refractivity contribution in [3.63, 3.8) is 0 Å². The maximum absolute atomic E-state index is 11.3. The van der Waals surface area contributed by atoms with Crippen molar-refractivity contribution in [1.82, 2.24) is 0 Å². The molecular formula is C10H14O2. The molecule has 2 heteroatoms. The van der Waals surface area contributed by atoms with E-state index >= 15 is 0 Å². The van der Waals surface area contributed by atoms with Gasteiger partial charge >= 0.3 is 0 Å². The van der Waals surface area contributed by atoms with Crippen LogP contribution >= 0.6 is 0 Å². The van der Waals surface area contributed by atoms with Gasteiger partial charge in [-0.05, 0) is 30.9 Å². The van der Waals surface area contributed by atoms with Crippen molar-refractivity contribution < 1.29 is 9.53 Å². The Labute approximate surface area is 72.6 Å². The van der Waals surface area contributed by atoms with Crippen LogP contribution in [0.15, 0.2) is 11.1 Å². The van der Waals surface area contributed by atoms with Crippen LogP contribution in [0.5, 0.6) is 0 Å². The molecule has 0 amide bonds. The zero-order chi connectivity index (χ0) is 8.55. The van der Waals surface area contributed by atoms with E-state index in [1.807, 2.05) is 6.92 Å². The molecule has 0 N–H and O–H groups in total. The second kappa shape index (κ2) is 3.02. The third-order valence-corrected chi connectivity index (χ3v) is 2.72. The van der Waals surface area contributed by atoms with Gasteiger partial charge in [0.25, 0.3) is 0 Å². The van der Waals surface area contributed by atoms with Crippen molar-refractivity contribution in [2.45, 2.75) is 38.7 Å². The fourth-order valence-corrected chi connectivity index (χ4v) is 2.06. The summed E-state index contributed by atoms with van der Waals surface area (Å²) in [5, 5.41) is 0. The van der Waals surface area contributed by atoms with Gasteiger partial charge in [-0.25, -0.2) is 0 Å². The lowest BCUT2D eigenvalue weighted by atomic mass is 9.75. The van der Waals surface area contributed by atoms with Crippen LogP contribution < -0.4 is 0 Å². The maximum Gasteiger partial charge on any atom is 0.159 e. The molecule has 66 valence electrons. The standard InChI is InChI=1S/C10H14O2/c1-2-12-10-6-8-7(10)4-3-5-9(8)11/h10H,2-6H2,1H3. The van der Waals surface area contributed by atoms with Gasteiger partial charge in [0.1, 0.15) is 0 Å². The maximum atomic E-state index is 11.3. The van der Waals surface area contributed by atoms with Gasteiger partial charge in [0.05, 0.1) is 6.10 Å². The third kappa shape index (κ3) is 1.11.